The second kappa shape index (κ2) is 9.58. The van der Waals surface area contributed by atoms with Crippen LogP contribution in [0.15, 0.2) is 24.3 Å². The smallest absolute Gasteiger partial charge is 0.0507 e. The average Bonchev–Trinajstić information content (AvgIpc) is 2.94. The minimum Gasteiger partial charge on any atom is -0.399 e. The summed E-state index contributed by atoms with van der Waals surface area (Å²) in [5.41, 5.74) is 8.02. The number of nitrogens with zero attached hydrogens (tertiary/aromatic N) is 2. The van der Waals surface area contributed by atoms with Gasteiger partial charge in [0.2, 0.25) is 0 Å². The number of ether oxygens (including phenoxy) is 1. The minimum atomic E-state index is 0. The van der Waals surface area contributed by atoms with Crippen LogP contribution in [-0.4, -0.2) is 55.7 Å². The van der Waals surface area contributed by atoms with Gasteiger partial charge in [-0.25, -0.2) is 0 Å². The van der Waals surface area contributed by atoms with E-state index in [1.54, 1.807) is 0 Å². The van der Waals surface area contributed by atoms with E-state index in [1.165, 1.54) is 31.6 Å². The van der Waals surface area contributed by atoms with E-state index in [0.717, 1.165) is 44.5 Å². The van der Waals surface area contributed by atoms with E-state index in [9.17, 15) is 0 Å². The van der Waals surface area contributed by atoms with Crippen molar-refractivity contribution in [3.8, 4) is 0 Å². The molecule has 0 saturated carbocycles. The number of rotatable bonds is 4. The molecule has 1 aromatic carbocycles. The van der Waals surface area contributed by atoms with Crippen LogP contribution in [-0.2, 0) is 11.3 Å². The summed E-state index contributed by atoms with van der Waals surface area (Å²) < 4.78 is 5.46. The normalized spacial score (nSPS) is 22.8. The van der Waals surface area contributed by atoms with Crippen LogP contribution in [0.25, 0.3) is 0 Å². The second-order valence-corrected chi connectivity index (χ2v) is 6.05. The number of benzene rings is 1. The third-order valence-corrected chi connectivity index (χ3v) is 4.36. The Hall–Kier alpha value is -0.520. The maximum Gasteiger partial charge on any atom is 0.0507 e. The van der Waals surface area contributed by atoms with Gasteiger partial charge in [0.25, 0.3) is 0 Å². The van der Waals surface area contributed by atoms with Gasteiger partial charge in [-0.3, -0.25) is 4.90 Å². The number of nitrogen functional groups attached to an aromatic ring is 1. The molecule has 0 amide bonds. The summed E-state index contributed by atoms with van der Waals surface area (Å²) in [6, 6.07) is 8.24. The van der Waals surface area contributed by atoms with Crippen LogP contribution in [0.3, 0.4) is 0 Å². The van der Waals surface area contributed by atoms with E-state index in [-0.39, 0.29) is 24.8 Å². The highest BCUT2D eigenvalue weighted by Gasteiger charge is 2.22. The lowest BCUT2D eigenvalue weighted by Crippen LogP contribution is -2.47. The van der Waals surface area contributed by atoms with Crippen molar-refractivity contribution >= 4 is 30.5 Å². The highest BCUT2D eigenvalue weighted by atomic mass is 35.5. The summed E-state index contributed by atoms with van der Waals surface area (Å²) in [6.45, 7) is 8.82. The second-order valence-electron chi connectivity index (χ2n) is 6.05. The SMILES string of the molecule is Cl.Cl.Nc1cccc(CN2CCN(CC3CCOC3)CC2)c1. The molecular weight excluding hydrogens is 321 g/mol. The molecule has 6 heteroatoms. The van der Waals surface area contributed by atoms with Gasteiger partial charge >= 0.3 is 0 Å². The average molecular weight is 348 g/mol. The number of hydrogen-bond donors (Lipinski definition) is 1. The van der Waals surface area contributed by atoms with Gasteiger partial charge in [-0.15, -0.1) is 24.8 Å². The topological polar surface area (TPSA) is 41.7 Å². The van der Waals surface area contributed by atoms with Crippen LogP contribution >= 0.6 is 24.8 Å². The summed E-state index contributed by atoms with van der Waals surface area (Å²) in [5.74, 6) is 0.760. The van der Waals surface area contributed by atoms with Gasteiger partial charge in [0.05, 0.1) is 6.61 Å². The van der Waals surface area contributed by atoms with Crippen molar-refractivity contribution in [1.82, 2.24) is 9.80 Å². The summed E-state index contributed by atoms with van der Waals surface area (Å²) in [6.07, 6.45) is 1.24. The van der Waals surface area contributed by atoms with Gasteiger partial charge in [-0.2, -0.15) is 0 Å². The van der Waals surface area contributed by atoms with Crippen molar-refractivity contribution in [3.63, 3.8) is 0 Å². The third-order valence-electron chi connectivity index (χ3n) is 4.36. The largest absolute Gasteiger partial charge is 0.399 e. The zero-order chi connectivity index (χ0) is 13.8. The Bertz CT molecular complexity index is 433. The monoisotopic (exact) mass is 347 g/mol. The van der Waals surface area contributed by atoms with E-state index in [0.29, 0.717) is 0 Å². The summed E-state index contributed by atoms with van der Waals surface area (Å²) in [5, 5.41) is 0. The predicted molar refractivity (Wildman–Crippen MR) is 96.0 cm³/mol. The van der Waals surface area contributed by atoms with Crippen molar-refractivity contribution in [2.75, 3.05) is 51.7 Å². The molecule has 126 valence electrons. The number of anilines is 1. The van der Waals surface area contributed by atoms with Gasteiger partial charge in [-0.1, -0.05) is 12.1 Å². The maximum atomic E-state index is 5.84. The molecular formula is C16H27Cl2N3O. The predicted octanol–water partition coefficient (Wildman–Crippen LogP) is 2.27. The highest BCUT2D eigenvalue weighted by molar-refractivity contribution is 5.85. The number of piperazine rings is 1. The number of halogens is 2. The Kier molecular flexibility index (Phi) is 8.50. The van der Waals surface area contributed by atoms with Crippen LogP contribution < -0.4 is 5.73 Å². The summed E-state index contributed by atoms with van der Waals surface area (Å²) >= 11 is 0. The first-order valence-corrected chi connectivity index (χ1v) is 7.66. The molecule has 2 heterocycles. The van der Waals surface area contributed by atoms with Crippen LogP contribution in [0.5, 0.6) is 0 Å². The quantitative estimate of drug-likeness (QED) is 0.848. The fraction of sp³-hybridized carbons (Fsp3) is 0.625. The Labute approximate surface area is 145 Å². The van der Waals surface area contributed by atoms with Crippen molar-refractivity contribution in [2.45, 2.75) is 13.0 Å². The lowest BCUT2D eigenvalue weighted by molar-refractivity contribution is 0.107. The van der Waals surface area contributed by atoms with E-state index in [1.807, 2.05) is 12.1 Å². The molecule has 2 aliphatic rings. The standard InChI is InChI=1S/C16H25N3O.2ClH/c17-16-3-1-2-14(10-16)11-18-5-7-19(8-6-18)12-15-4-9-20-13-15;;/h1-3,10,15H,4-9,11-13,17H2;2*1H. The van der Waals surface area contributed by atoms with E-state index >= 15 is 0 Å². The molecule has 0 spiro atoms. The first-order valence-electron chi connectivity index (χ1n) is 7.66. The molecule has 2 saturated heterocycles. The molecule has 0 bridgehead atoms. The van der Waals surface area contributed by atoms with Gasteiger partial charge in [0.1, 0.15) is 0 Å². The molecule has 2 aliphatic heterocycles. The van der Waals surface area contributed by atoms with E-state index in [4.69, 9.17) is 10.5 Å². The van der Waals surface area contributed by atoms with Crippen molar-refractivity contribution < 1.29 is 4.74 Å². The first kappa shape index (κ1) is 19.5. The molecule has 2 N–H and O–H groups in total. The Balaban J connectivity index is 0.00000121. The van der Waals surface area contributed by atoms with Crippen LogP contribution in [0, 0.1) is 5.92 Å². The fourth-order valence-electron chi connectivity index (χ4n) is 3.17. The molecule has 4 nitrogen and oxygen atoms in total. The molecule has 1 aromatic rings. The number of nitrogens with two attached hydrogens (primary N) is 1. The van der Waals surface area contributed by atoms with Gasteiger partial charge in [0.15, 0.2) is 0 Å². The van der Waals surface area contributed by atoms with Crippen LogP contribution in [0.1, 0.15) is 12.0 Å². The van der Waals surface area contributed by atoms with E-state index < -0.39 is 0 Å². The zero-order valence-corrected chi connectivity index (χ0v) is 14.6. The molecule has 0 radical (unpaired) electrons. The lowest BCUT2D eigenvalue weighted by Gasteiger charge is -2.35. The highest BCUT2D eigenvalue weighted by Crippen LogP contribution is 2.16. The van der Waals surface area contributed by atoms with Gasteiger partial charge < -0.3 is 15.4 Å². The molecule has 0 aliphatic carbocycles. The molecule has 2 fully saturated rings. The Morgan fingerprint density at radius 3 is 2.45 bits per heavy atom. The van der Waals surface area contributed by atoms with Crippen molar-refractivity contribution in [3.05, 3.63) is 29.8 Å². The van der Waals surface area contributed by atoms with Crippen molar-refractivity contribution in [2.24, 2.45) is 5.92 Å². The Morgan fingerprint density at radius 1 is 1.09 bits per heavy atom. The number of hydrogen-bond acceptors (Lipinski definition) is 4. The molecule has 1 unspecified atom stereocenters. The molecule has 22 heavy (non-hydrogen) atoms. The summed E-state index contributed by atoms with van der Waals surface area (Å²) in [4.78, 5) is 5.12. The molecule has 0 aromatic heterocycles. The van der Waals surface area contributed by atoms with Gasteiger partial charge in [-0.05, 0) is 30.0 Å². The minimum absolute atomic E-state index is 0. The van der Waals surface area contributed by atoms with E-state index in [2.05, 4.69) is 21.9 Å². The fourth-order valence-corrected chi connectivity index (χ4v) is 3.17. The molecule has 3 rings (SSSR count). The summed E-state index contributed by atoms with van der Waals surface area (Å²) in [7, 11) is 0. The first-order chi connectivity index (χ1) is 9.79. The lowest BCUT2D eigenvalue weighted by atomic mass is 10.1. The Morgan fingerprint density at radius 2 is 1.82 bits per heavy atom. The van der Waals surface area contributed by atoms with Crippen LogP contribution in [0.2, 0.25) is 0 Å². The van der Waals surface area contributed by atoms with Crippen molar-refractivity contribution in [1.29, 1.82) is 0 Å². The zero-order valence-electron chi connectivity index (χ0n) is 12.9. The molecule has 1 atom stereocenters. The third kappa shape index (κ3) is 5.60. The maximum absolute atomic E-state index is 5.84. The van der Waals surface area contributed by atoms with Gasteiger partial charge in [0, 0.05) is 51.6 Å². The van der Waals surface area contributed by atoms with Crippen LogP contribution in [0.4, 0.5) is 5.69 Å².